The summed E-state index contributed by atoms with van der Waals surface area (Å²) >= 11 is 0. The zero-order valence-electron chi connectivity index (χ0n) is 14.3. The van der Waals surface area contributed by atoms with Gasteiger partial charge in [-0.15, -0.1) is 0 Å². The summed E-state index contributed by atoms with van der Waals surface area (Å²) in [6.07, 6.45) is 3.25. The molecule has 136 valence electrons. The summed E-state index contributed by atoms with van der Waals surface area (Å²) in [6.45, 7) is 0.243. The van der Waals surface area contributed by atoms with Crippen molar-refractivity contribution in [3.63, 3.8) is 0 Å². The van der Waals surface area contributed by atoms with Crippen LogP contribution in [0.1, 0.15) is 16.1 Å². The maximum Gasteiger partial charge on any atom is 0.340 e. The Morgan fingerprint density at radius 3 is 2.81 bits per heavy atom. The average Bonchev–Trinajstić information content (AvgIpc) is 3.33. The number of pyridine rings is 1. The molecule has 0 unspecified atom stereocenters. The van der Waals surface area contributed by atoms with Crippen molar-refractivity contribution in [1.29, 1.82) is 0 Å². The highest BCUT2D eigenvalue weighted by Gasteiger charge is 2.21. The molecule has 4 rings (SSSR count). The molecule has 0 bridgehead atoms. The number of nitrogens with one attached hydrogen (secondary N) is 2. The Hall–Kier alpha value is -3.72. The van der Waals surface area contributed by atoms with E-state index >= 15 is 0 Å². The first-order valence-corrected chi connectivity index (χ1v) is 8.06. The number of aromatic nitrogens is 3. The molecule has 3 aromatic heterocycles. The Kier molecular flexibility index (Phi) is 4.50. The van der Waals surface area contributed by atoms with E-state index in [1.165, 1.54) is 0 Å². The topological polar surface area (TPSA) is 115 Å². The van der Waals surface area contributed by atoms with Gasteiger partial charge in [-0.25, -0.2) is 5.43 Å². The molecule has 0 radical (unpaired) electrons. The zero-order valence-corrected chi connectivity index (χ0v) is 14.3. The fourth-order valence-electron chi connectivity index (χ4n) is 2.63. The number of anilines is 1. The van der Waals surface area contributed by atoms with Gasteiger partial charge in [-0.1, -0.05) is 23.4 Å². The maximum absolute atomic E-state index is 12.5. The smallest absolute Gasteiger partial charge is 0.340 e. The zero-order chi connectivity index (χ0) is 18.6. The van der Waals surface area contributed by atoms with Gasteiger partial charge in [0.1, 0.15) is 5.58 Å². The number of furan rings is 1. The van der Waals surface area contributed by atoms with Crippen molar-refractivity contribution in [2.24, 2.45) is 0 Å². The first kappa shape index (κ1) is 16.7. The third kappa shape index (κ3) is 3.35. The van der Waals surface area contributed by atoms with Crippen molar-refractivity contribution < 1.29 is 18.5 Å². The van der Waals surface area contributed by atoms with Crippen molar-refractivity contribution in [2.45, 2.75) is 6.61 Å². The normalized spacial score (nSPS) is 10.9. The number of benzene rings is 1. The molecule has 1 aromatic carbocycles. The van der Waals surface area contributed by atoms with Crippen LogP contribution in [-0.2, 0) is 11.3 Å². The molecule has 0 fully saturated rings. The van der Waals surface area contributed by atoms with Gasteiger partial charge in [-0.2, -0.15) is 4.98 Å². The predicted octanol–water partition coefficient (Wildman–Crippen LogP) is 2.78. The molecule has 0 saturated carbocycles. The van der Waals surface area contributed by atoms with E-state index in [0.29, 0.717) is 17.0 Å². The first-order valence-electron chi connectivity index (χ1n) is 8.06. The molecule has 0 atom stereocenters. The lowest BCUT2D eigenvalue weighted by molar-refractivity contribution is 0.0929. The lowest BCUT2D eigenvalue weighted by Crippen LogP contribution is -2.30. The molecule has 1 amide bonds. The van der Waals surface area contributed by atoms with E-state index in [1.807, 2.05) is 18.2 Å². The summed E-state index contributed by atoms with van der Waals surface area (Å²) in [4.78, 5) is 20.6. The van der Waals surface area contributed by atoms with Crippen LogP contribution >= 0.6 is 0 Å². The average molecular weight is 365 g/mol. The van der Waals surface area contributed by atoms with Gasteiger partial charge < -0.3 is 13.7 Å². The van der Waals surface area contributed by atoms with Crippen molar-refractivity contribution in [3.05, 3.63) is 60.1 Å². The van der Waals surface area contributed by atoms with E-state index in [2.05, 4.69) is 26.0 Å². The van der Waals surface area contributed by atoms with Crippen molar-refractivity contribution in [3.8, 4) is 11.4 Å². The minimum absolute atomic E-state index is 0.0413. The number of hydrogen-bond donors (Lipinski definition) is 2. The lowest BCUT2D eigenvalue weighted by atomic mass is 10.1. The minimum atomic E-state index is -0.484. The number of carbonyl (C=O) groups excluding carboxylic acids is 1. The van der Waals surface area contributed by atoms with Gasteiger partial charge in [0, 0.05) is 36.0 Å². The van der Waals surface area contributed by atoms with Crippen LogP contribution in [0, 0.1) is 0 Å². The number of nitrogens with zero attached hydrogens (tertiary/aromatic N) is 3. The van der Waals surface area contributed by atoms with Gasteiger partial charge in [-0.05, 0) is 18.2 Å². The van der Waals surface area contributed by atoms with Crippen LogP contribution in [0.2, 0.25) is 0 Å². The molecule has 4 aromatic rings. The van der Waals surface area contributed by atoms with E-state index < -0.39 is 5.91 Å². The quantitative estimate of drug-likeness (QED) is 0.501. The van der Waals surface area contributed by atoms with E-state index in [9.17, 15) is 4.79 Å². The molecule has 9 heteroatoms. The molecule has 0 aliphatic carbocycles. The largest absolute Gasteiger partial charge is 0.450 e. The van der Waals surface area contributed by atoms with Gasteiger partial charge >= 0.3 is 11.9 Å². The number of ether oxygens (including phenoxy) is 1. The number of hydrogen-bond acceptors (Lipinski definition) is 8. The standard InChI is InChI=1S/C18H15N5O4/c1-25-10-13-12-4-2-3-5-14(12)26-15(13)17(24)21-22-18-20-16(23-27-18)11-6-8-19-9-7-11/h2-9H,10H2,1H3,(H,21,24)(H,20,22,23). The number of fused-ring (bicyclic) bond motifs is 1. The Morgan fingerprint density at radius 2 is 2.00 bits per heavy atom. The van der Waals surface area contributed by atoms with E-state index in [1.54, 1.807) is 37.7 Å². The monoisotopic (exact) mass is 365 g/mol. The molecule has 2 N–H and O–H groups in total. The third-order valence-corrected chi connectivity index (χ3v) is 3.84. The Morgan fingerprint density at radius 1 is 1.19 bits per heavy atom. The Labute approximate surface area is 153 Å². The van der Waals surface area contributed by atoms with Crippen LogP contribution in [0.25, 0.3) is 22.4 Å². The van der Waals surface area contributed by atoms with Gasteiger partial charge in [0.05, 0.1) is 6.61 Å². The van der Waals surface area contributed by atoms with Crippen LogP contribution < -0.4 is 10.9 Å². The fourth-order valence-corrected chi connectivity index (χ4v) is 2.63. The highest BCUT2D eigenvalue weighted by Crippen LogP contribution is 2.26. The van der Waals surface area contributed by atoms with Crippen molar-refractivity contribution >= 4 is 22.9 Å². The molecule has 3 heterocycles. The number of methoxy groups -OCH3 is 1. The summed E-state index contributed by atoms with van der Waals surface area (Å²) in [5.74, 6) is 0.0410. The summed E-state index contributed by atoms with van der Waals surface area (Å²) in [7, 11) is 1.56. The molecular formula is C18H15N5O4. The van der Waals surface area contributed by atoms with Crippen LogP contribution in [0.15, 0.2) is 57.7 Å². The molecule has 0 spiro atoms. The highest BCUT2D eigenvalue weighted by molar-refractivity contribution is 5.99. The van der Waals surface area contributed by atoms with Gasteiger partial charge in [0.2, 0.25) is 5.82 Å². The van der Waals surface area contributed by atoms with Gasteiger partial charge in [-0.3, -0.25) is 15.2 Å². The Bertz CT molecular complexity index is 1070. The maximum atomic E-state index is 12.5. The van der Waals surface area contributed by atoms with Crippen LogP contribution in [0.3, 0.4) is 0 Å². The lowest BCUT2D eigenvalue weighted by Gasteiger charge is -2.04. The first-order chi connectivity index (χ1) is 13.3. The number of hydrazine groups is 1. The molecular weight excluding hydrogens is 350 g/mol. The van der Waals surface area contributed by atoms with Crippen LogP contribution in [0.4, 0.5) is 6.01 Å². The number of para-hydroxylation sites is 1. The van der Waals surface area contributed by atoms with E-state index in [0.717, 1.165) is 10.9 Å². The molecule has 0 aliphatic rings. The SMILES string of the molecule is COCc1c(C(=O)NNc2nc(-c3ccncc3)no2)oc2ccccc12. The minimum Gasteiger partial charge on any atom is -0.450 e. The fraction of sp³-hybridized carbons (Fsp3) is 0.111. The summed E-state index contributed by atoms with van der Waals surface area (Å²) in [5, 5.41) is 4.67. The Balaban J connectivity index is 1.51. The second-order valence-electron chi connectivity index (χ2n) is 5.58. The van der Waals surface area contributed by atoms with Gasteiger partial charge in [0.25, 0.3) is 0 Å². The summed E-state index contributed by atoms with van der Waals surface area (Å²) in [6, 6.07) is 10.9. The number of carbonyl (C=O) groups is 1. The molecule has 27 heavy (non-hydrogen) atoms. The van der Waals surface area contributed by atoms with E-state index in [-0.39, 0.29) is 18.4 Å². The second kappa shape index (κ2) is 7.26. The van der Waals surface area contributed by atoms with Gasteiger partial charge in [0.15, 0.2) is 5.76 Å². The van der Waals surface area contributed by atoms with Crippen molar-refractivity contribution in [1.82, 2.24) is 20.6 Å². The summed E-state index contributed by atoms with van der Waals surface area (Å²) in [5.41, 5.74) is 7.09. The second-order valence-corrected chi connectivity index (χ2v) is 5.58. The predicted molar refractivity (Wildman–Crippen MR) is 95.5 cm³/mol. The van der Waals surface area contributed by atoms with E-state index in [4.69, 9.17) is 13.7 Å². The van der Waals surface area contributed by atoms with Crippen molar-refractivity contribution in [2.75, 3.05) is 12.5 Å². The van der Waals surface area contributed by atoms with Crippen LogP contribution in [-0.4, -0.2) is 28.1 Å². The number of rotatable bonds is 6. The van der Waals surface area contributed by atoms with Crippen LogP contribution in [0.5, 0.6) is 0 Å². The highest BCUT2D eigenvalue weighted by atomic mass is 16.5. The molecule has 0 aliphatic heterocycles. The number of amides is 1. The molecule has 9 nitrogen and oxygen atoms in total. The molecule has 0 saturated heterocycles. The third-order valence-electron chi connectivity index (χ3n) is 3.84. The summed E-state index contributed by atoms with van der Waals surface area (Å²) < 4.78 is 15.9.